The topological polar surface area (TPSA) is 49.6 Å². The quantitative estimate of drug-likeness (QED) is 0.809. The maximum atomic E-state index is 12.8. The van der Waals surface area contributed by atoms with Gasteiger partial charge < -0.3 is 15.5 Å². The molecule has 1 rings (SSSR count). The van der Waals surface area contributed by atoms with Crippen LogP contribution in [0.3, 0.4) is 0 Å². The van der Waals surface area contributed by atoms with E-state index in [0.717, 1.165) is 23.4 Å². The van der Waals surface area contributed by atoms with Crippen LogP contribution in [0.25, 0.3) is 0 Å². The summed E-state index contributed by atoms with van der Waals surface area (Å²) in [5.74, 6) is 0.207. The van der Waals surface area contributed by atoms with Gasteiger partial charge in [0.15, 0.2) is 0 Å². The predicted octanol–water partition coefficient (Wildman–Crippen LogP) is 3.90. The van der Waals surface area contributed by atoms with Crippen molar-refractivity contribution in [2.24, 2.45) is 5.41 Å². The van der Waals surface area contributed by atoms with E-state index in [4.69, 9.17) is 5.73 Å². The standard InChI is InChI=1S/C19H33N3O/c1-8-14(2)22(18(23)12-19(3,4)5)13-15-11-16(20)9-10-17(15)21(6)7/h9-11,14H,8,12-13,20H2,1-7H3/t14-/m0/s1. The van der Waals surface area contributed by atoms with Crippen molar-refractivity contribution >= 4 is 17.3 Å². The summed E-state index contributed by atoms with van der Waals surface area (Å²) in [6, 6.07) is 6.12. The van der Waals surface area contributed by atoms with Crippen molar-refractivity contribution in [2.45, 2.75) is 60.0 Å². The van der Waals surface area contributed by atoms with Crippen LogP contribution < -0.4 is 10.6 Å². The molecule has 23 heavy (non-hydrogen) atoms. The molecule has 4 nitrogen and oxygen atoms in total. The Bertz CT molecular complexity index is 532. The second-order valence-electron chi connectivity index (χ2n) is 7.80. The fourth-order valence-electron chi connectivity index (χ4n) is 2.62. The van der Waals surface area contributed by atoms with Crippen molar-refractivity contribution in [2.75, 3.05) is 24.7 Å². The van der Waals surface area contributed by atoms with Gasteiger partial charge in [0, 0.05) is 44.5 Å². The van der Waals surface area contributed by atoms with Crippen molar-refractivity contribution in [3.63, 3.8) is 0 Å². The Hall–Kier alpha value is -1.71. The summed E-state index contributed by atoms with van der Waals surface area (Å²) in [6.07, 6.45) is 1.49. The molecule has 0 bridgehead atoms. The molecule has 1 amide bonds. The fraction of sp³-hybridized carbons (Fsp3) is 0.632. The molecule has 130 valence electrons. The molecule has 0 aliphatic carbocycles. The predicted molar refractivity (Wildman–Crippen MR) is 99.6 cm³/mol. The molecule has 2 N–H and O–H groups in total. The van der Waals surface area contributed by atoms with Gasteiger partial charge in [-0.05, 0) is 42.5 Å². The van der Waals surface area contributed by atoms with Gasteiger partial charge in [0.2, 0.25) is 5.91 Å². The van der Waals surface area contributed by atoms with Crippen LogP contribution in [0.2, 0.25) is 0 Å². The molecule has 0 aliphatic heterocycles. The zero-order valence-electron chi connectivity index (χ0n) is 15.8. The van der Waals surface area contributed by atoms with Gasteiger partial charge in [-0.25, -0.2) is 0 Å². The van der Waals surface area contributed by atoms with Gasteiger partial charge >= 0.3 is 0 Å². The lowest BCUT2D eigenvalue weighted by Crippen LogP contribution is -2.39. The van der Waals surface area contributed by atoms with E-state index in [-0.39, 0.29) is 17.4 Å². The Kier molecular flexibility index (Phi) is 6.48. The molecule has 0 heterocycles. The molecule has 0 aromatic heterocycles. The summed E-state index contributed by atoms with van der Waals surface area (Å²) in [6.45, 7) is 11.1. The highest BCUT2D eigenvalue weighted by Crippen LogP contribution is 2.27. The van der Waals surface area contributed by atoms with Crippen LogP contribution in [0.4, 0.5) is 11.4 Å². The summed E-state index contributed by atoms with van der Waals surface area (Å²) in [4.78, 5) is 16.9. The average Bonchev–Trinajstić information content (AvgIpc) is 2.41. The summed E-state index contributed by atoms with van der Waals surface area (Å²) in [7, 11) is 4.03. The highest BCUT2D eigenvalue weighted by molar-refractivity contribution is 5.77. The molecule has 0 fully saturated rings. The van der Waals surface area contributed by atoms with Gasteiger partial charge in [-0.3, -0.25) is 4.79 Å². The first-order valence-electron chi connectivity index (χ1n) is 8.40. The Morgan fingerprint density at radius 2 is 1.87 bits per heavy atom. The number of amides is 1. The normalized spacial score (nSPS) is 12.8. The maximum Gasteiger partial charge on any atom is 0.223 e. The molecule has 0 saturated carbocycles. The SMILES string of the molecule is CC[C@H](C)N(Cc1cc(N)ccc1N(C)C)C(=O)CC(C)(C)C. The van der Waals surface area contributed by atoms with E-state index in [1.54, 1.807) is 0 Å². The third-order valence-corrected chi connectivity index (χ3v) is 4.05. The zero-order chi connectivity index (χ0) is 17.8. The van der Waals surface area contributed by atoms with Crippen LogP contribution >= 0.6 is 0 Å². The second-order valence-corrected chi connectivity index (χ2v) is 7.80. The number of hydrogen-bond acceptors (Lipinski definition) is 3. The molecule has 0 aliphatic rings. The van der Waals surface area contributed by atoms with Crippen LogP contribution in [0.1, 0.15) is 53.0 Å². The minimum absolute atomic E-state index is 0.0110. The van der Waals surface area contributed by atoms with Gasteiger partial charge in [-0.15, -0.1) is 0 Å². The summed E-state index contributed by atoms with van der Waals surface area (Å²) in [5.41, 5.74) is 8.89. The molecule has 0 saturated heterocycles. The van der Waals surface area contributed by atoms with Crippen LogP contribution in [0.5, 0.6) is 0 Å². The van der Waals surface area contributed by atoms with Crippen LogP contribution in [-0.4, -0.2) is 30.9 Å². The van der Waals surface area contributed by atoms with Crippen molar-refractivity contribution in [1.82, 2.24) is 4.90 Å². The summed E-state index contributed by atoms with van der Waals surface area (Å²) < 4.78 is 0. The molecule has 0 radical (unpaired) electrons. The second kappa shape index (κ2) is 7.71. The van der Waals surface area contributed by atoms with E-state index >= 15 is 0 Å². The Labute approximate surface area is 141 Å². The van der Waals surface area contributed by atoms with Crippen molar-refractivity contribution in [1.29, 1.82) is 0 Å². The fourth-order valence-corrected chi connectivity index (χ4v) is 2.62. The van der Waals surface area contributed by atoms with Gasteiger partial charge in [0.1, 0.15) is 0 Å². The number of rotatable bonds is 6. The number of nitrogens with zero attached hydrogens (tertiary/aromatic N) is 2. The Morgan fingerprint density at radius 3 is 2.35 bits per heavy atom. The van der Waals surface area contributed by atoms with E-state index in [1.165, 1.54) is 0 Å². The summed E-state index contributed by atoms with van der Waals surface area (Å²) >= 11 is 0. The van der Waals surface area contributed by atoms with E-state index in [0.29, 0.717) is 13.0 Å². The lowest BCUT2D eigenvalue weighted by molar-refractivity contribution is -0.135. The van der Waals surface area contributed by atoms with Crippen LogP contribution in [-0.2, 0) is 11.3 Å². The number of nitrogens with two attached hydrogens (primary N) is 1. The largest absolute Gasteiger partial charge is 0.399 e. The first kappa shape index (κ1) is 19.3. The average molecular weight is 319 g/mol. The molecular weight excluding hydrogens is 286 g/mol. The lowest BCUT2D eigenvalue weighted by atomic mass is 9.91. The number of nitrogen functional groups attached to an aromatic ring is 1. The van der Waals surface area contributed by atoms with Gasteiger partial charge in [-0.1, -0.05) is 27.7 Å². The third-order valence-electron chi connectivity index (χ3n) is 4.05. The lowest BCUT2D eigenvalue weighted by Gasteiger charge is -2.32. The van der Waals surface area contributed by atoms with Crippen molar-refractivity contribution in [3.05, 3.63) is 23.8 Å². The molecule has 4 heteroatoms. The van der Waals surface area contributed by atoms with Crippen LogP contribution in [0, 0.1) is 5.41 Å². The highest BCUT2D eigenvalue weighted by Gasteiger charge is 2.25. The van der Waals surface area contributed by atoms with E-state index in [2.05, 4.69) is 39.5 Å². The number of carbonyl (C=O) groups is 1. The first-order valence-corrected chi connectivity index (χ1v) is 8.40. The minimum atomic E-state index is -0.0110. The highest BCUT2D eigenvalue weighted by atomic mass is 16.2. The Balaban J connectivity index is 3.11. The number of carbonyl (C=O) groups excluding carboxylic acids is 1. The molecule has 1 atom stereocenters. The minimum Gasteiger partial charge on any atom is -0.399 e. The summed E-state index contributed by atoms with van der Waals surface area (Å²) in [5, 5.41) is 0. The monoisotopic (exact) mass is 319 g/mol. The van der Waals surface area contributed by atoms with Crippen LogP contribution in [0.15, 0.2) is 18.2 Å². The number of hydrogen-bond donors (Lipinski definition) is 1. The number of anilines is 2. The van der Waals surface area contributed by atoms with Crippen molar-refractivity contribution in [3.8, 4) is 0 Å². The van der Waals surface area contributed by atoms with Gasteiger partial charge in [0.25, 0.3) is 0 Å². The van der Waals surface area contributed by atoms with Crippen molar-refractivity contribution < 1.29 is 4.79 Å². The number of benzene rings is 1. The van der Waals surface area contributed by atoms with Gasteiger partial charge in [-0.2, -0.15) is 0 Å². The molecule has 1 aromatic rings. The van der Waals surface area contributed by atoms with E-state index in [9.17, 15) is 4.79 Å². The van der Waals surface area contributed by atoms with E-state index in [1.807, 2.05) is 37.2 Å². The zero-order valence-corrected chi connectivity index (χ0v) is 15.8. The maximum absolute atomic E-state index is 12.8. The third kappa shape index (κ3) is 5.77. The van der Waals surface area contributed by atoms with Gasteiger partial charge in [0.05, 0.1) is 0 Å². The smallest absolute Gasteiger partial charge is 0.223 e. The van der Waals surface area contributed by atoms with E-state index < -0.39 is 0 Å². The molecule has 0 unspecified atom stereocenters. The Morgan fingerprint density at radius 1 is 1.26 bits per heavy atom. The molecule has 0 spiro atoms. The molecule has 1 aromatic carbocycles. The molecular formula is C19H33N3O. The first-order chi connectivity index (χ1) is 10.5.